The fourth-order valence-electron chi connectivity index (χ4n) is 2.09. The minimum atomic E-state index is -0.376. The Morgan fingerprint density at radius 3 is 2.75 bits per heavy atom. The van der Waals surface area contributed by atoms with Crippen molar-refractivity contribution in [1.82, 2.24) is 19.3 Å². The van der Waals surface area contributed by atoms with E-state index in [1.165, 1.54) is 4.68 Å². The lowest BCUT2D eigenvalue weighted by Crippen LogP contribution is -2.09. The molecule has 0 saturated carbocycles. The molecular formula is C12H18N6O2. The van der Waals surface area contributed by atoms with E-state index in [9.17, 15) is 10.1 Å². The van der Waals surface area contributed by atoms with Gasteiger partial charge in [0, 0.05) is 26.5 Å². The first-order valence-electron chi connectivity index (χ1n) is 6.45. The normalized spacial score (nSPS) is 10.8. The van der Waals surface area contributed by atoms with Crippen LogP contribution in [0.1, 0.15) is 24.9 Å². The van der Waals surface area contributed by atoms with Gasteiger partial charge in [0.1, 0.15) is 11.5 Å². The van der Waals surface area contributed by atoms with E-state index < -0.39 is 0 Å². The lowest BCUT2D eigenvalue weighted by Gasteiger charge is -2.06. The molecule has 0 saturated heterocycles. The maximum atomic E-state index is 11.3. The molecule has 108 valence electrons. The number of anilines is 1. The Hall–Kier alpha value is -2.38. The zero-order valence-electron chi connectivity index (χ0n) is 11.8. The van der Waals surface area contributed by atoms with Gasteiger partial charge in [0.15, 0.2) is 0 Å². The highest BCUT2D eigenvalue weighted by molar-refractivity contribution is 5.59. The predicted octanol–water partition coefficient (Wildman–Crippen LogP) is 1.63. The first-order chi connectivity index (χ1) is 9.54. The second kappa shape index (κ2) is 5.72. The van der Waals surface area contributed by atoms with Crippen LogP contribution in [0.5, 0.6) is 0 Å². The van der Waals surface area contributed by atoms with E-state index in [1.54, 1.807) is 13.2 Å². The Labute approximate surface area is 116 Å². The summed E-state index contributed by atoms with van der Waals surface area (Å²) in [5, 5.41) is 18.5. The predicted molar refractivity (Wildman–Crippen MR) is 74.4 cm³/mol. The zero-order valence-corrected chi connectivity index (χ0v) is 11.8. The summed E-state index contributed by atoms with van der Waals surface area (Å²) in [5.41, 5.74) is 0.575. The smallest absolute Gasteiger partial charge is 0.334 e. The summed E-state index contributed by atoms with van der Waals surface area (Å²) in [5.74, 6) is 1.22. The first kappa shape index (κ1) is 14.0. The van der Waals surface area contributed by atoms with E-state index in [0.717, 1.165) is 12.2 Å². The molecule has 2 aromatic rings. The molecule has 2 rings (SSSR count). The summed E-state index contributed by atoms with van der Waals surface area (Å²) in [6.45, 7) is 2.38. The molecule has 20 heavy (non-hydrogen) atoms. The molecule has 0 aliphatic carbocycles. The topological polar surface area (TPSA) is 90.8 Å². The van der Waals surface area contributed by atoms with E-state index in [0.29, 0.717) is 24.5 Å². The summed E-state index contributed by atoms with van der Waals surface area (Å²) < 4.78 is 3.38. The number of hydrogen-bond acceptors (Lipinski definition) is 5. The van der Waals surface area contributed by atoms with Crippen LogP contribution in [0, 0.1) is 10.1 Å². The molecule has 8 heteroatoms. The van der Waals surface area contributed by atoms with Gasteiger partial charge in [0.25, 0.3) is 0 Å². The maximum absolute atomic E-state index is 11.3. The second-order valence-electron chi connectivity index (χ2n) is 4.58. The van der Waals surface area contributed by atoms with Crippen molar-refractivity contribution in [3.05, 3.63) is 34.0 Å². The van der Waals surface area contributed by atoms with Crippen molar-refractivity contribution in [2.24, 2.45) is 14.1 Å². The van der Waals surface area contributed by atoms with Crippen LogP contribution in [-0.4, -0.2) is 24.3 Å². The Morgan fingerprint density at radius 2 is 2.20 bits per heavy atom. The highest BCUT2D eigenvalue weighted by Gasteiger charge is 2.26. The van der Waals surface area contributed by atoms with E-state index in [1.807, 2.05) is 24.7 Å². The maximum Gasteiger partial charge on any atom is 0.334 e. The fourth-order valence-corrected chi connectivity index (χ4v) is 2.09. The molecule has 1 N–H and O–H groups in total. The highest BCUT2D eigenvalue weighted by Crippen LogP contribution is 2.29. The van der Waals surface area contributed by atoms with Crippen molar-refractivity contribution >= 4 is 11.5 Å². The molecule has 8 nitrogen and oxygen atoms in total. The van der Waals surface area contributed by atoms with E-state index in [-0.39, 0.29) is 10.6 Å². The minimum Gasteiger partial charge on any atom is -0.357 e. The lowest BCUT2D eigenvalue weighted by molar-refractivity contribution is -0.384. The standard InChI is InChI=1S/C12H18N6O2/c1-4-5-9-11(18(19)20)12(17(3)15-9)14-8-10-13-6-7-16(10)2/h6-7,14H,4-5,8H2,1-3H3. The summed E-state index contributed by atoms with van der Waals surface area (Å²) in [6.07, 6.45) is 4.93. The Morgan fingerprint density at radius 1 is 1.45 bits per heavy atom. The number of nitrogens with zero attached hydrogens (tertiary/aromatic N) is 5. The van der Waals surface area contributed by atoms with Gasteiger partial charge in [-0.2, -0.15) is 5.10 Å². The molecule has 0 spiro atoms. The molecule has 0 radical (unpaired) electrons. The molecule has 0 aliphatic heterocycles. The van der Waals surface area contributed by atoms with Crippen LogP contribution in [0.4, 0.5) is 11.5 Å². The summed E-state index contributed by atoms with van der Waals surface area (Å²) in [4.78, 5) is 15.1. The van der Waals surface area contributed by atoms with Crippen molar-refractivity contribution in [2.75, 3.05) is 5.32 Å². The van der Waals surface area contributed by atoms with Gasteiger partial charge < -0.3 is 9.88 Å². The van der Waals surface area contributed by atoms with Gasteiger partial charge in [0.2, 0.25) is 5.82 Å². The monoisotopic (exact) mass is 278 g/mol. The average molecular weight is 278 g/mol. The molecule has 0 bridgehead atoms. The summed E-state index contributed by atoms with van der Waals surface area (Å²) >= 11 is 0. The SMILES string of the molecule is CCCc1nn(C)c(NCc2nccn2C)c1[N+](=O)[O-]. The van der Waals surface area contributed by atoms with Crippen LogP contribution >= 0.6 is 0 Å². The number of nitrogens with one attached hydrogen (secondary N) is 1. The van der Waals surface area contributed by atoms with E-state index >= 15 is 0 Å². The Kier molecular flexibility index (Phi) is 4.02. The van der Waals surface area contributed by atoms with Gasteiger partial charge in [-0.25, -0.2) is 9.67 Å². The number of hydrogen-bond donors (Lipinski definition) is 1. The number of nitro groups is 1. The van der Waals surface area contributed by atoms with E-state index in [4.69, 9.17) is 0 Å². The van der Waals surface area contributed by atoms with Gasteiger partial charge in [-0.1, -0.05) is 13.3 Å². The third kappa shape index (κ3) is 2.63. The number of imidazole rings is 1. The van der Waals surface area contributed by atoms with Crippen LogP contribution in [0.25, 0.3) is 0 Å². The van der Waals surface area contributed by atoms with Gasteiger partial charge in [-0.3, -0.25) is 10.1 Å². The van der Waals surface area contributed by atoms with Crippen LogP contribution in [0.3, 0.4) is 0 Å². The largest absolute Gasteiger partial charge is 0.357 e. The van der Waals surface area contributed by atoms with Gasteiger partial charge >= 0.3 is 5.69 Å². The second-order valence-corrected chi connectivity index (χ2v) is 4.58. The van der Waals surface area contributed by atoms with E-state index in [2.05, 4.69) is 15.4 Å². The molecule has 0 amide bonds. The van der Waals surface area contributed by atoms with Gasteiger partial charge in [-0.15, -0.1) is 0 Å². The zero-order chi connectivity index (χ0) is 14.7. The van der Waals surface area contributed by atoms with Crippen LogP contribution in [-0.2, 0) is 27.1 Å². The molecule has 0 aliphatic rings. The van der Waals surface area contributed by atoms with Crippen LogP contribution in [0.15, 0.2) is 12.4 Å². The summed E-state index contributed by atoms with van der Waals surface area (Å²) in [7, 11) is 3.58. The number of aryl methyl sites for hydroxylation is 3. The average Bonchev–Trinajstić information content (AvgIpc) is 2.91. The van der Waals surface area contributed by atoms with Crippen molar-refractivity contribution in [1.29, 1.82) is 0 Å². The first-order valence-corrected chi connectivity index (χ1v) is 6.45. The van der Waals surface area contributed by atoms with Crippen molar-refractivity contribution in [3.63, 3.8) is 0 Å². The molecule has 0 aromatic carbocycles. The lowest BCUT2D eigenvalue weighted by atomic mass is 10.2. The van der Waals surface area contributed by atoms with Crippen LogP contribution < -0.4 is 5.32 Å². The molecule has 0 fully saturated rings. The quantitative estimate of drug-likeness (QED) is 0.640. The summed E-state index contributed by atoms with van der Waals surface area (Å²) in [6, 6.07) is 0. The molecule has 2 heterocycles. The van der Waals surface area contributed by atoms with Crippen molar-refractivity contribution < 1.29 is 4.92 Å². The molecular weight excluding hydrogens is 260 g/mol. The van der Waals surface area contributed by atoms with Crippen LogP contribution in [0.2, 0.25) is 0 Å². The van der Waals surface area contributed by atoms with Gasteiger partial charge in [-0.05, 0) is 6.42 Å². The minimum absolute atomic E-state index is 0.0589. The third-order valence-electron chi connectivity index (χ3n) is 3.10. The number of aromatic nitrogens is 4. The van der Waals surface area contributed by atoms with Crippen molar-refractivity contribution in [2.45, 2.75) is 26.3 Å². The Balaban J connectivity index is 2.26. The molecule has 0 atom stereocenters. The third-order valence-corrected chi connectivity index (χ3v) is 3.10. The Bertz CT molecular complexity index is 615. The molecule has 0 unspecified atom stereocenters. The highest BCUT2D eigenvalue weighted by atomic mass is 16.6. The van der Waals surface area contributed by atoms with Crippen molar-refractivity contribution in [3.8, 4) is 0 Å². The van der Waals surface area contributed by atoms with Gasteiger partial charge in [0.05, 0.1) is 11.5 Å². The number of rotatable bonds is 6. The fraction of sp³-hybridized carbons (Fsp3) is 0.500. The molecule has 2 aromatic heterocycles.